The fourth-order valence-electron chi connectivity index (χ4n) is 3.82. The maximum absolute atomic E-state index is 4.65. The van der Waals surface area contributed by atoms with Crippen molar-refractivity contribution in [2.75, 3.05) is 11.9 Å². The highest BCUT2D eigenvalue weighted by atomic mass is 15.2. The van der Waals surface area contributed by atoms with E-state index in [2.05, 4.69) is 48.8 Å². The monoisotopic (exact) mass is 277 g/mol. The Balaban J connectivity index is 2.13. The number of nitrogens with one attached hydrogen (secondary N) is 1. The SMILES string of the molecule is CCCNc1nc(C)cn1CC1(CC(C)C)CCCC1. The van der Waals surface area contributed by atoms with Crippen LogP contribution in [0.1, 0.15) is 65.0 Å². The number of anilines is 1. The van der Waals surface area contributed by atoms with E-state index in [-0.39, 0.29) is 0 Å². The summed E-state index contributed by atoms with van der Waals surface area (Å²) >= 11 is 0. The minimum atomic E-state index is 0.504. The fraction of sp³-hybridized carbons (Fsp3) is 0.824. The van der Waals surface area contributed by atoms with E-state index < -0.39 is 0 Å². The van der Waals surface area contributed by atoms with E-state index in [9.17, 15) is 0 Å². The van der Waals surface area contributed by atoms with Gasteiger partial charge >= 0.3 is 0 Å². The zero-order valence-electron chi connectivity index (χ0n) is 13.7. The highest BCUT2D eigenvalue weighted by molar-refractivity contribution is 5.28. The summed E-state index contributed by atoms with van der Waals surface area (Å²) in [6, 6.07) is 0. The molecule has 1 aromatic rings. The lowest BCUT2D eigenvalue weighted by molar-refractivity contribution is 0.198. The van der Waals surface area contributed by atoms with Gasteiger partial charge in [-0.2, -0.15) is 0 Å². The number of rotatable bonds is 7. The molecule has 1 fully saturated rings. The molecule has 3 nitrogen and oxygen atoms in total. The van der Waals surface area contributed by atoms with Gasteiger partial charge in [0, 0.05) is 19.3 Å². The third-order valence-electron chi connectivity index (χ3n) is 4.44. The summed E-state index contributed by atoms with van der Waals surface area (Å²) in [5.74, 6) is 1.85. The Kier molecular flexibility index (Phi) is 5.11. The first kappa shape index (κ1) is 15.4. The van der Waals surface area contributed by atoms with Gasteiger partial charge in [-0.1, -0.05) is 33.6 Å². The molecule has 1 heterocycles. The molecule has 0 spiro atoms. The second-order valence-electron chi connectivity index (χ2n) is 7.07. The minimum Gasteiger partial charge on any atom is -0.356 e. The van der Waals surface area contributed by atoms with Crippen molar-refractivity contribution in [1.82, 2.24) is 9.55 Å². The van der Waals surface area contributed by atoms with Gasteiger partial charge in [0.1, 0.15) is 0 Å². The van der Waals surface area contributed by atoms with Crippen LogP contribution >= 0.6 is 0 Å². The van der Waals surface area contributed by atoms with Gasteiger partial charge in [0.2, 0.25) is 5.95 Å². The van der Waals surface area contributed by atoms with E-state index in [1.54, 1.807) is 0 Å². The van der Waals surface area contributed by atoms with Crippen molar-refractivity contribution in [1.29, 1.82) is 0 Å². The Hall–Kier alpha value is -0.990. The molecule has 0 unspecified atom stereocenters. The molecule has 0 amide bonds. The van der Waals surface area contributed by atoms with Crippen LogP contribution in [0, 0.1) is 18.3 Å². The summed E-state index contributed by atoms with van der Waals surface area (Å²) in [7, 11) is 0. The normalized spacial score (nSPS) is 17.9. The zero-order chi connectivity index (χ0) is 14.6. The van der Waals surface area contributed by atoms with Crippen molar-refractivity contribution >= 4 is 5.95 Å². The van der Waals surface area contributed by atoms with Crippen LogP contribution in [-0.4, -0.2) is 16.1 Å². The summed E-state index contributed by atoms with van der Waals surface area (Å²) in [6.07, 6.45) is 10.3. The van der Waals surface area contributed by atoms with Crippen molar-refractivity contribution < 1.29 is 0 Å². The first-order valence-corrected chi connectivity index (χ1v) is 8.32. The molecule has 1 N–H and O–H groups in total. The van der Waals surface area contributed by atoms with Crippen LogP contribution in [0.3, 0.4) is 0 Å². The first-order valence-electron chi connectivity index (χ1n) is 8.32. The second-order valence-corrected chi connectivity index (χ2v) is 7.07. The van der Waals surface area contributed by atoms with Crippen molar-refractivity contribution in [2.45, 2.75) is 72.8 Å². The van der Waals surface area contributed by atoms with Crippen LogP contribution in [0.25, 0.3) is 0 Å². The third-order valence-corrected chi connectivity index (χ3v) is 4.44. The Morgan fingerprint density at radius 2 is 2.05 bits per heavy atom. The molecule has 3 heteroatoms. The predicted molar refractivity (Wildman–Crippen MR) is 86.1 cm³/mol. The number of aromatic nitrogens is 2. The molecule has 20 heavy (non-hydrogen) atoms. The largest absolute Gasteiger partial charge is 0.356 e. The van der Waals surface area contributed by atoms with Gasteiger partial charge in [-0.25, -0.2) is 4.98 Å². The number of nitrogens with zero attached hydrogens (tertiary/aromatic N) is 2. The van der Waals surface area contributed by atoms with E-state index in [0.717, 1.165) is 37.1 Å². The van der Waals surface area contributed by atoms with Gasteiger partial charge in [-0.05, 0) is 43.9 Å². The van der Waals surface area contributed by atoms with Crippen LogP contribution in [-0.2, 0) is 6.54 Å². The maximum Gasteiger partial charge on any atom is 0.203 e. The van der Waals surface area contributed by atoms with Crippen LogP contribution in [0.2, 0.25) is 0 Å². The van der Waals surface area contributed by atoms with E-state index in [1.807, 2.05) is 0 Å². The van der Waals surface area contributed by atoms with Gasteiger partial charge in [0.25, 0.3) is 0 Å². The number of hydrogen-bond donors (Lipinski definition) is 1. The van der Waals surface area contributed by atoms with Crippen LogP contribution in [0.5, 0.6) is 0 Å². The Bertz CT molecular complexity index is 414. The van der Waals surface area contributed by atoms with Crippen molar-refractivity contribution in [3.8, 4) is 0 Å². The standard InChI is InChI=1S/C17H31N3/c1-5-10-18-16-19-15(4)12-20(16)13-17(11-14(2)3)8-6-7-9-17/h12,14H,5-11,13H2,1-4H3,(H,18,19). The van der Waals surface area contributed by atoms with Crippen molar-refractivity contribution in [3.05, 3.63) is 11.9 Å². The van der Waals surface area contributed by atoms with Gasteiger partial charge in [0.05, 0.1) is 5.69 Å². The van der Waals surface area contributed by atoms with E-state index in [4.69, 9.17) is 0 Å². The maximum atomic E-state index is 4.65. The lowest BCUT2D eigenvalue weighted by Gasteiger charge is -2.32. The Morgan fingerprint density at radius 1 is 1.35 bits per heavy atom. The summed E-state index contributed by atoms with van der Waals surface area (Å²) in [5.41, 5.74) is 1.63. The molecule has 0 radical (unpaired) electrons. The molecule has 2 rings (SSSR count). The number of aryl methyl sites for hydroxylation is 1. The lowest BCUT2D eigenvalue weighted by atomic mass is 9.78. The van der Waals surface area contributed by atoms with Crippen molar-refractivity contribution in [2.24, 2.45) is 11.3 Å². The van der Waals surface area contributed by atoms with Gasteiger partial charge in [-0.3, -0.25) is 0 Å². The molecule has 1 aliphatic rings. The van der Waals surface area contributed by atoms with E-state index in [0.29, 0.717) is 5.41 Å². The molecule has 0 aliphatic heterocycles. The molecule has 114 valence electrons. The minimum absolute atomic E-state index is 0.504. The molecule has 1 aliphatic carbocycles. The van der Waals surface area contributed by atoms with Gasteiger partial charge in [0.15, 0.2) is 0 Å². The van der Waals surface area contributed by atoms with Gasteiger partial charge in [-0.15, -0.1) is 0 Å². The van der Waals surface area contributed by atoms with Crippen LogP contribution < -0.4 is 5.32 Å². The molecular weight excluding hydrogens is 246 g/mol. The summed E-state index contributed by atoms with van der Waals surface area (Å²) < 4.78 is 2.37. The second kappa shape index (κ2) is 6.64. The molecule has 1 aromatic heterocycles. The first-order chi connectivity index (χ1) is 9.54. The summed E-state index contributed by atoms with van der Waals surface area (Å²) in [4.78, 5) is 4.65. The Morgan fingerprint density at radius 3 is 2.65 bits per heavy atom. The highest BCUT2D eigenvalue weighted by Gasteiger charge is 2.35. The Labute approximate surface area is 124 Å². The van der Waals surface area contributed by atoms with E-state index >= 15 is 0 Å². The number of imidazole rings is 1. The van der Waals surface area contributed by atoms with Gasteiger partial charge < -0.3 is 9.88 Å². The fourth-order valence-corrected chi connectivity index (χ4v) is 3.82. The smallest absolute Gasteiger partial charge is 0.203 e. The van der Waals surface area contributed by atoms with Crippen LogP contribution in [0.15, 0.2) is 6.20 Å². The molecular formula is C17H31N3. The lowest BCUT2D eigenvalue weighted by Crippen LogP contribution is -2.26. The topological polar surface area (TPSA) is 29.9 Å². The predicted octanol–water partition coefficient (Wildman–Crippen LogP) is 4.62. The molecule has 1 saturated carbocycles. The molecule has 0 atom stereocenters. The average molecular weight is 277 g/mol. The quantitative estimate of drug-likeness (QED) is 0.788. The third kappa shape index (κ3) is 3.77. The number of hydrogen-bond acceptors (Lipinski definition) is 2. The average Bonchev–Trinajstić information content (AvgIpc) is 2.94. The highest BCUT2D eigenvalue weighted by Crippen LogP contribution is 2.44. The molecule has 0 bridgehead atoms. The molecule has 0 aromatic carbocycles. The summed E-state index contributed by atoms with van der Waals surface area (Å²) in [5, 5.41) is 3.48. The molecule has 0 saturated heterocycles. The summed E-state index contributed by atoms with van der Waals surface area (Å²) in [6.45, 7) is 11.2. The van der Waals surface area contributed by atoms with Crippen LogP contribution in [0.4, 0.5) is 5.95 Å². The zero-order valence-corrected chi connectivity index (χ0v) is 13.7. The van der Waals surface area contributed by atoms with Crippen molar-refractivity contribution in [3.63, 3.8) is 0 Å². The van der Waals surface area contributed by atoms with E-state index in [1.165, 1.54) is 32.1 Å².